The molecule has 0 radical (unpaired) electrons. The van der Waals surface area contributed by atoms with E-state index in [9.17, 15) is 4.79 Å². The first kappa shape index (κ1) is 17.4. The number of carbonyl (C=O) groups excluding carboxylic acids is 1. The summed E-state index contributed by atoms with van der Waals surface area (Å²) in [7, 11) is 0. The van der Waals surface area contributed by atoms with Gasteiger partial charge in [0.05, 0.1) is 11.2 Å². The van der Waals surface area contributed by atoms with Crippen molar-refractivity contribution in [3.8, 4) is 0 Å². The number of hydrogen-bond donors (Lipinski definition) is 3. The van der Waals surface area contributed by atoms with Gasteiger partial charge in [0.25, 0.3) is 0 Å². The van der Waals surface area contributed by atoms with Crippen LogP contribution in [0.4, 0.5) is 0 Å². The van der Waals surface area contributed by atoms with Crippen LogP contribution in [-0.2, 0) is 11.3 Å². The number of hydrogen-bond acceptors (Lipinski definition) is 7. The second-order valence-corrected chi connectivity index (χ2v) is 6.24. The Balaban J connectivity index is 1.55. The van der Waals surface area contributed by atoms with Gasteiger partial charge in [-0.2, -0.15) is 0 Å². The third kappa shape index (κ3) is 4.56. The van der Waals surface area contributed by atoms with Gasteiger partial charge in [-0.1, -0.05) is 22.7 Å². The highest BCUT2D eigenvalue weighted by molar-refractivity contribution is 7.03. The van der Waals surface area contributed by atoms with Crippen LogP contribution >= 0.6 is 11.5 Å². The number of amides is 1. The molecule has 130 valence electrons. The van der Waals surface area contributed by atoms with Crippen molar-refractivity contribution in [2.75, 3.05) is 13.1 Å². The maximum absolute atomic E-state index is 11.9. The van der Waals surface area contributed by atoms with E-state index >= 15 is 0 Å². The molecule has 0 saturated carbocycles. The summed E-state index contributed by atoms with van der Waals surface area (Å²) >= 11 is 1.34. The van der Waals surface area contributed by atoms with Crippen LogP contribution in [0.5, 0.6) is 0 Å². The Morgan fingerprint density at radius 3 is 2.96 bits per heavy atom. The lowest BCUT2D eigenvalue weighted by atomic mass is 10.0. The highest BCUT2D eigenvalue weighted by Gasteiger charge is 2.19. The molecule has 8 heteroatoms. The average Bonchev–Trinajstić information content (AvgIpc) is 3.14. The van der Waals surface area contributed by atoms with Gasteiger partial charge >= 0.3 is 0 Å². The lowest BCUT2D eigenvalue weighted by Crippen LogP contribution is -2.35. The van der Waals surface area contributed by atoms with Crippen molar-refractivity contribution in [2.24, 2.45) is 5.73 Å². The topological polar surface area (TPSA) is 106 Å². The zero-order valence-corrected chi connectivity index (χ0v) is 14.5. The van der Waals surface area contributed by atoms with Crippen molar-refractivity contribution >= 4 is 28.3 Å². The second kappa shape index (κ2) is 8.61. The van der Waals surface area contributed by atoms with Crippen molar-refractivity contribution in [3.63, 3.8) is 0 Å². The molecule has 7 nitrogen and oxygen atoms in total. The summed E-state index contributed by atoms with van der Waals surface area (Å²) < 4.78 is 3.82. The quantitative estimate of drug-likeness (QED) is 0.500. The van der Waals surface area contributed by atoms with E-state index in [1.165, 1.54) is 11.5 Å². The van der Waals surface area contributed by atoms with E-state index in [1.807, 2.05) is 35.7 Å². The van der Waals surface area contributed by atoms with Crippen LogP contribution in [0.3, 0.4) is 0 Å². The molecule has 25 heavy (non-hydrogen) atoms. The summed E-state index contributed by atoms with van der Waals surface area (Å²) in [6.45, 7) is 2.18. The van der Waals surface area contributed by atoms with Crippen molar-refractivity contribution in [1.82, 2.24) is 25.2 Å². The predicted octanol–water partition coefficient (Wildman–Crippen LogP) is 1.38. The van der Waals surface area contributed by atoms with Crippen LogP contribution in [-0.4, -0.2) is 33.6 Å². The standard InChI is InChI=1S/C17H20N6OS/c18-17(24)16(14-4-1-6-15-13(14)5-2-8-20-15)21-9-3-7-19-10-12-11-25-23-22-12/h1-2,4-6,8,11,16,19,21H,3,7,9-10H2,(H2,18,24). The van der Waals surface area contributed by atoms with Crippen molar-refractivity contribution in [2.45, 2.75) is 19.0 Å². The molecular weight excluding hydrogens is 336 g/mol. The maximum Gasteiger partial charge on any atom is 0.239 e. The number of rotatable bonds is 9. The fraction of sp³-hybridized carbons (Fsp3) is 0.294. The van der Waals surface area contributed by atoms with Crippen LogP contribution in [0.25, 0.3) is 10.9 Å². The van der Waals surface area contributed by atoms with Crippen LogP contribution in [0.1, 0.15) is 23.7 Å². The van der Waals surface area contributed by atoms with Gasteiger partial charge in [-0.15, -0.1) is 5.10 Å². The van der Waals surface area contributed by atoms with E-state index in [1.54, 1.807) is 6.20 Å². The summed E-state index contributed by atoms with van der Waals surface area (Å²) in [5.41, 5.74) is 8.27. The number of aromatic nitrogens is 3. The summed E-state index contributed by atoms with van der Waals surface area (Å²) in [4.78, 5) is 16.3. The number of primary amides is 1. The van der Waals surface area contributed by atoms with E-state index in [-0.39, 0.29) is 0 Å². The molecule has 0 fully saturated rings. The number of carbonyl (C=O) groups is 1. The van der Waals surface area contributed by atoms with E-state index in [0.29, 0.717) is 13.1 Å². The molecule has 1 amide bonds. The molecule has 3 aromatic rings. The minimum atomic E-state index is -0.532. The molecule has 0 saturated heterocycles. The van der Waals surface area contributed by atoms with Crippen LogP contribution in [0.15, 0.2) is 41.9 Å². The van der Waals surface area contributed by atoms with Crippen molar-refractivity contribution < 1.29 is 4.79 Å². The third-order valence-corrected chi connectivity index (χ3v) is 4.42. The van der Waals surface area contributed by atoms with E-state index in [4.69, 9.17) is 5.73 Å². The van der Waals surface area contributed by atoms with Crippen molar-refractivity contribution in [3.05, 3.63) is 53.2 Å². The van der Waals surface area contributed by atoms with Gasteiger partial charge in [0.1, 0.15) is 6.04 Å². The minimum absolute atomic E-state index is 0.391. The zero-order valence-electron chi connectivity index (χ0n) is 13.7. The lowest BCUT2D eigenvalue weighted by Gasteiger charge is -2.17. The molecule has 0 aliphatic rings. The molecule has 1 aromatic carbocycles. The van der Waals surface area contributed by atoms with Crippen molar-refractivity contribution in [1.29, 1.82) is 0 Å². The summed E-state index contributed by atoms with van der Waals surface area (Å²) in [5, 5.41) is 13.4. The number of benzene rings is 1. The molecule has 1 atom stereocenters. The van der Waals surface area contributed by atoms with E-state index in [0.717, 1.165) is 35.1 Å². The molecule has 0 spiro atoms. The lowest BCUT2D eigenvalue weighted by molar-refractivity contribution is -0.120. The Hall–Kier alpha value is -2.42. The van der Waals surface area contributed by atoms with Gasteiger partial charge < -0.3 is 16.4 Å². The van der Waals surface area contributed by atoms with Gasteiger partial charge in [0, 0.05) is 23.5 Å². The first-order chi connectivity index (χ1) is 12.3. The SMILES string of the molecule is NC(=O)C(NCCCNCc1csnn1)c1cccc2ncccc12. The van der Waals surface area contributed by atoms with Crippen LogP contribution in [0, 0.1) is 0 Å². The smallest absolute Gasteiger partial charge is 0.239 e. The summed E-state index contributed by atoms with van der Waals surface area (Å²) in [6.07, 6.45) is 2.60. The molecule has 0 aliphatic heterocycles. The van der Waals surface area contributed by atoms with Gasteiger partial charge in [0.2, 0.25) is 5.91 Å². The predicted molar refractivity (Wildman–Crippen MR) is 97.9 cm³/mol. The number of pyridine rings is 1. The van der Waals surface area contributed by atoms with E-state index in [2.05, 4.69) is 25.2 Å². The van der Waals surface area contributed by atoms with Crippen LogP contribution < -0.4 is 16.4 Å². The number of fused-ring (bicyclic) bond motifs is 1. The second-order valence-electron chi connectivity index (χ2n) is 5.63. The summed E-state index contributed by atoms with van der Waals surface area (Å²) in [6, 6.07) is 9.02. The van der Waals surface area contributed by atoms with E-state index < -0.39 is 11.9 Å². The fourth-order valence-corrected chi connectivity index (χ4v) is 3.13. The fourth-order valence-electron chi connectivity index (χ4n) is 2.68. The van der Waals surface area contributed by atoms with Crippen LogP contribution in [0.2, 0.25) is 0 Å². The molecule has 4 N–H and O–H groups in total. The molecule has 0 bridgehead atoms. The van der Waals surface area contributed by atoms with Gasteiger partial charge in [-0.05, 0) is 48.7 Å². The molecule has 1 unspecified atom stereocenters. The first-order valence-electron chi connectivity index (χ1n) is 8.08. The van der Waals surface area contributed by atoms with Gasteiger partial charge in [-0.25, -0.2) is 0 Å². The Kier molecular flexibility index (Phi) is 5.99. The number of nitrogens with one attached hydrogen (secondary N) is 2. The minimum Gasteiger partial charge on any atom is -0.368 e. The highest BCUT2D eigenvalue weighted by Crippen LogP contribution is 2.22. The number of nitrogens with two attached hydrogens (primary N) is 1. The van der Waals surface area contributed by atoms with Gasteiger partial charge in [0.15, 0.2) is 0 Å². The molecule has 0 aliphatic carbocycles. The average molecular weight is 356 g/mol. The third-order valence-electron chi connectivity index (χ3n) is 3.87. The molecule has 2 heterocycles. The highest BCUT2D eigenvalue weighted by atomic mass is 32.1. The Labute approximate surface area is 149 Å². The normalized spacial score (nSPS) is 12.3. The maximum atomic E-state index is 11.9. The van der Waals surface area contributed by atoms with Gasteiger partial charge in [-0.3, -0.25) is 9.78 Å². The molecular formula is C17H20N6OS. The number of nitrogens with zero attached hydrogens (tertiary/aromatic N) is 3. The Morgan fingerprint density at radius 1 is 1.24 bits per heavy atom. The molecule has 3 rings (SSSR count). The molecule has 2 aromatic heterocycles. The first-order valence-corrected chi connectivity index (χ1v) is 8.92. The summed E-state index contributed by atoms with van der Waals surface area (Å²) in [5.74, 6) is -0.391. The zero-order chi connectivity index (χ0) is 17.5. The Morgan fingerprint density at radius 2 is 2.16 bits per heavy atom. The largest absolute Gasteiger partial charge is 0.368 e. The monoisotopic (exact) mass is 356 g/mol. The Bertz CT molecular complexity index is 818.